The smallest absolute Gasteiger partial charge is 0.375 e. The molecule has 4 saturated carbocycles. The van der Waals surface area contributed by atoms with Gasteiger partial charge in [-0.1, -0.05) is 175 Å². The van der Waals surface area contributed by atoms with E-state index in [1.165, 1.54) is 184 Å². The van der Waals surface area contributed by atoms with Gasteiger partial charge in [0, 0.05) is 38.6 Å². The molecule has 3 nitrogen and oxygen atoms in total. The van der Waals surface area contributed by atoms with Gasteiger partial charge in [-0.15, -0.1) is 0 Å². The molecule has 0 atom stereocenters. The SMILES string of the molecule is CC(C)(C)c1ccc(N2c3cc(-c4ccccc4)cc4c3B(c3oc5ccc6ccccc6c5c32)n2c3ccc(C56CCCC(CCC5)C6)cc3c3cc(C56CCCC(CCC5)C6)cc-4c32)c(-c2ccccc2)c1. The minimum atomic E-state index is -0.195. The lowest BCUT2D eigenvalue weighted by atomic mass is 9.47. The first-order valence-electron chi connectivity index (χ1n) is 28.5. The zero-order chi connectivity index (χ0) is 49.1. The predicted molar refractivity (Wildman–Crippen MR) is 312 cm³/mol. The summed E-state index contributed by atoms with van der Waals surface area (Å²) < 4.78 is 10.5. The molecule has 74 heavy (non-hydrogen) atoms. The summed E-state index contributed by atoms with van der Waals surface area (Å²) in [6, 6.07) is 61.6. The first kappa shape index (κ1) is 43.6. The van der Waals surface area contributed by atoms with Crippen LogP contribution in [0.1, 0.15) is 127 Å². The summed E-state index contributed by atoms with van der Waals surface area (Å²) in [7, 11) is 0. The fourth-order valence-corrected chi connectivity index (χ4v) is 16.7. The summed E-state index contributed by atoms with van der Waals surface area (Å²) in [6.45, 7) is 6.83. The van der Waals surface area contributed by atoms with E-state index in [2.05, 4.69) is 188 Å². The van der Waals surface area contributed by atoms with Crippen LogP contribution in [0.15, 0.2) is 162 Å². The van der Waals surface area contributed by atoms with Crippen LogP contribution in [-0.2, 0) is 16.2 Å². The number of fused-ring (bicyclic) bond motifs is 15. The fourth-order valence-electron chi connectivity index (χ4n) is 16.7. The summed E-state index contributed by atoms with van der Waals surface area (Å²) in [5, 5.41) is 6.51. The van der Waals surface area contributed by atoms with Crippen molar-refractivity contribution in [2.45, 2.75) is 127 Å². The lowest BCUT2D eigenvalue weighted by Gasteiger charge is -2.46. The third-order valence-corrected chi connectivity index (χ3v) is 20.1. The Labute approximate surface area is 436 Å². The van der Waals surface area contributed by atoms with Gasteiger partial charge in [-0.05, 0) is 176 Å². The van der Waals surface area contributed by atoms with Gasteiger partial charge in [-0.3, -0.25) is 0 Å². The second-order valence-electron chi connectivity index (χ2n) is 25.2. The summed E-state index contributed by atoms with van der Waals surface area (Å²) in [5.74, 6) is 1.70. The monoisotopic (exact) mass is 961 g/mol. The van der Waals surface area contributed by atoms with Gasteiger partial charge >= 0.3 is 6.85 Å². The number of rotatable bonds is 5. The maximum atomic E-state index is 7.68. The van der Waals surface area contributed by atoms with Crippen molar-refractivity contribution >= 4 is 78.6 Å². The van der Waals surface area contributed by atoms with E-state index in [0.717, 1.165) is 28.8 Å². The Morgan fingerprint density at radius 3 is 1.91 bits per heavy atom. The van der Waals surface area contributed by atoms with Gasteiger partial charge < -0.3 is 13.8 Å². The number of hydrogen-bond acceptors (Lipinski definition) is 2. The van der Waals surface area contributed by atoms with E-state index in [-0.39, 0.29) is 23.1 Å². The minimum Gasteiger partial charge on any atom is -0.466 e. The zero-order valence-electron chi connectivity index (χ0n) is 43.4. The molecule has 0 amide bonds. The highest BCUT2D eigenvalue weighted by atomic mass is 16.3. The first-order valence-corrected chi connectivity index (χ1v) is 28.5. The van der Waals surface area contributed by atoms with Crippen LogP contribution in [0.3, 0.4) is 0 Å². The fraction of sp³-hybridized carbons (Fsp3) is 0.314. The molecule has 8 aromatic carbocycles. The average Bonchev–Trinajstić information content (AvgIpc) is 4.03. The van der Waals surface area contributed by atoms with Crippen molar-refractivity contribution in [3.63, 3.8) is 0 Å². The lowest BCUT2D eigenvalue weighted by molar-refractivity contribution is 0.149. The molecule has 0 spiro atoms. The third-order valence-electron chi connectivity index (χ3n) is 20.1. The molecule has 6 aliphatic rings. The molecule has 4 aliphatic carbocycles. The number of anilines is 3. The van der Waals surface area contributed by atoms with E-state index >= 15 is 0 Å². The van der Waals surface area contributed by atoms with Gasteiger partial charge in [0.25, 0.3) is 0 Å². The zero-order valence-corrected chi connectivity index (χ0v) is 43.4. The Morgan fingerprint density at radius 2 is 1.19 bits per heavy atom. The second-order valence-corrected chi connectivity index (χ2v) is 25.2. The van der Waals surface area contributed by atoms with E-state index in [4.69, 9.17) is 4.42 Å². The Hall–Kier alpha value is -6.78. The quantitative estimate of drug-likeness (QED) is 0.160. The number of nitrogens with zero attached hydrogens (tertiary/aromatic N) is 2. The largest absolute Gasteiger partial charge is 0.466 e. The molecule has 10 aromatic rings. The lowest BCUT2D eigenvalue weighted by Crippen LogP contribution is -2.56. The Morgan fingerprint density at radius 1 is 0.527 bits per heavy atom. The van der Waals surface area contributed by atoms with Crippen molar-refractivity contribution in [1.29, 1.82) is 0 Å². The molecular weight excluding hydrogens is 896 g/mol. The van der Waals surface area contributed by atoms with Crippen molar-refractivity contribution in [3.8, 4) is 33.4 Å². The Kier molecular flexibility index (Phi) is 9.35. The Bertz CT molecular complexity index is 3920. The van der Waals surface area contributed by atoms with Crippen LogP contribution in [0.2, 0.25) is 0 Å². The molecule has 0 unspecified atom stereocenters. The van der Waals surface area contributed by atoms with Crippen LogP contribution in [0, 0.1) is 11.8 Å². The van der Waals surface area contributed by atoms with Crippen LogP contribution in [0.4, 0.5) is 17.1 Å². The van der Waals surface area contributed by atoms with Crippen molar-refractivity contribution in [2.75, 3.05) is 4.90 Å². The van der Waals surface area contributed by atoms with E-state index in [0.29, 0.717) is 0 Å². The van der Waals surface area contributed by atoms with Crippen LogP contribution in [0.5, 0.6) is 0 Å². The molecule has 4 heterocycles. The van der Waals surface area contributed by atoms with Gasteiger partial charge in [0.05, 0.1) is 16.8 Å². The number of aromatic nitrogens is 1. The van der Waals surface area contributed by atoms with Gasteiger partial charge in [0.15, 0.2) is 0 Å². The summed E-state index contributed by atoms with van der Waals surface area (Å²) in [6.07, 6.45) is 18.9. The molecule has 4 heteroatoms. The number of furan rings is 1. The maximum Gasteiger partial charge on any atom is 0.375 e. The third kappa shape index (κ3) is 6.27. The van der Waals surface area contributed by atoms with E-state index in [9.17, 15) is 0 Å². The van der Waals surface area contributed by atoms with Gasteiger partial charge in [0.2, 0.25) is 0 Å². The van der Waals surface area contributed by atoms with Crippen molar-refractivity contribution in [1.82, 2.24) is 4.48 Å². The molecule has 2 aromatic heterocycles. The standard InChI is InChI=1S/C70H65BN2O/c1-68(2,3)50-27-29-59(54(38-50)47-22-8-5-9-23-47)72-61-37-49(46-20-6-4-7-21-46)36-56-58-41-52(70-34-14-18-45(43-70)19-15-35-70)40-57-55-39-51(69-32-12-16-44(42-69)17-13-33-69)28-30-60(55)73(65(57)58)71(64(56)61)67-66(72)63-53-25-11-10-24-48(53)26-31-62(63)74-67/h4-11,20-31,36-41,44-45H,12-19,32-35,42-43H2,1-3H3. The van der Waals surface area contributed by atoms with Crippen LogP contribution in [-0.4, -0.2) is 11.3 Å². The van der Waals surface area contributed by atoms with Crippen molar-refractivity contribution < 1.29 is 4.42 Å². The molecule has 364 valence electrons. The van der Waals surface area contributed by atoms with Crippen LogP contribution >= 0.6 is 0 Å². The maximum absolute atomic E-state index is 7.68. The van der Waals surface area contributed by atoms with E-state index in [1.807, 2.05) is 0 Å². The molecule has 0 N–H and O–H groups in total. The second kappa shape index (κ2) is 15.9. The highest BCUT2D eigenvalue weighted by molar-refractivity contribution is 6.89. The van der Waals surface area contributed by atoms with E-state index in [1.54, 1.807) is 11.1 Å². The Balaban J connectivity index is 1.06. The molecule has 4 fully saturated rings. The van der Waals surface area contributed by atoms with Crippen LogP contribution in [0.25, 0.3) is 76.9 Å². The minimum absolute atomic E-state index is 0.0429. The molecule has 4 bridgehead atoms. The summed E-state index contributed by atoms with van der Waals surface area (Å²) in [4.78, 5) is 2.66. The molecule has 0 radical (unpaired) electrons. The van der Waals surface area contributed by atoms with Gasteiger partial charge in [0.1, 0.15) is 11.2 Å². The van der Waals surface area contributed by atoms with Crippen molar-refractivity contribution in [3.05, 3.63) is 174 Å². The van der Waals surface area contributed by atoms with Gasteiger partial charge in [-0.25, -0.2) is 0 Å². The first-order chi connectivity index (χ1) is 36.2. The topological polar surface area (TPSA) is 21.3 Å². The molecular formula is C70H65BN2O. The summed E-state index contributed by atoms with van der Waals surface area (Å²) >= 11 is 0. The van der Waals surface area contributed by atoms with Crippen molar-refractivity contribution in [2.24, 2.45) is 11.8 Å². The summed E-state index contributed by atoms with van der Waals surface area (Å²) in [5.41, 5.74) is 22.2. The molecule has 16 rings (SSSR count). The molecule has 2 aliphatic heterocycles. The highest BCUT2D eigenvalue weighted by Crippen LogP contribution is 2.57. The molecule has 0 saturated heterocycles. The highest BCUT2D eigenvalue weighted by Gasteiger charge is 2.49. The predicted octanol–water partition coefficient (Wildman–Crippen LogP) is 18.0. The van der Waals surface area contributed by atoms with Gasteiger partial charge in [-0.2, -0.15) is 0 Å². The average molecular weight is 961 g/mol. The number of benzene rings is 8. The van der Waals surface area contributed by atoms with E-state index < -0.39 is 0 Å². The van der Waals surface area contributed by atoms with Crippen LogP contribution < -0.4 is 16.0 Å². The number of hydrogen-bond donors (Lipinski definition) is 0. The normalized spacial score (nSPS) is 22.9.